The largest absolute Gasteiger partial charge is 0.352 e. The summed E-state index contributed by atoms with van der Waals surface area (Å²) in [6.45, 7) is 6.87. The van der Waals surface area contributed by atoms with E-state index in [2.05, 4.69) is 34.3 Å². The van der Waals surface area contributed by atoms with Gasteiger partial charge in [0.2, 0.25) is 5.91 Å². The molecule has 4 rings (SSSR count). The number of carbonyl (C=O) groups is 2. The van der Waals surface area contributed by atoms with Crippen LogP contribution >= 0.6 is 11.8 Å². The minimum atomic E-state index is -0.0315. The first-order valence-corrected chi connectivity index (χ1v) is 12.9. The third-order valence-corrected chi connectivity index (χ3v) is 7.70. The Hall–Kier alpha value is -2.35. The van der Waals surface area contributed by atoms with Gasteiger partial charge >= 0.3 is 0 Å². The van der Waals surface area contributed by atoms with E-state index in [-0.39, 0.29) is 17.2 Å². The summed E-state index contributed by atoms with van der Waals surface area (Å²) >= 11 is 1.66. The van der Waals surface area contributed by atoms with Crippen LogP contribution in [-0.2, 0) is 11.2 Å². The van der Waals surface area contributed by atoms with Crippen molar-refractivity contribution in [3.63, 3.8) is 0 Å². The Labute approximate surface area is 201 Å². The van der Waals surface area contributed by atoms with Crippen molar-refractivity contribution in [3.05, 3.63) is 71.3 Å². The van der Waals surface area contributed by atoms with Gasteiger partial charge < -0.3 is 20.0 Å². The number of piperazine rings is 1. The fourth-order valence-electron chi connectivity index (χ4n) is 4.34. The van der Waals surface area contributed by atoms with Crippen LogP contribution in [0.3, 0.4) is 0 Å². The van der Waals surface area contributed by atoms with E-state index in [4.69, 9.17) is 0 Å². The third-order valence-electron chi connectivity index (χ3n) is 6.44. The van der Waals surface area contributed by atoms with Crippen LogP contribution in [0.15, 0.2) is 54.6 Å². The molecule has 2 aliphatic rings. The lowest BCUT2D eigenvalue weighted by atomic mass is 10.1. The molecule has 0 spiro atoms. The van der Waals surface area contributed by atoms with Crippen molar-refractivity contribution in [2.75, 3.05) is 58.6 Å². The zero-order valence-electron chi connectivity index (χ0n) is 19.4. The summed E-state index contributed by atoms with van der Waals surface area (Å²) in [7, 11) is 2.16. The zero-order chi connectivity index (χ0) is 23.0. The minimum Gasteiger partial charge on any atom is -0.352 e. The Kier molecular flexibility index (Phi) is 8.42. The number of thioether (sulfide) groups is 1. The monoisotopic (exact) mass is 466 g/mol. The van der Waals surface area contributed by atoms with Crippen LogP contribution in [0.1, 0.15) is 33.3 Å². The van der Waals surface area contributed by atoms with Crippen molar-refractivity contribution in [1.82, 2.24) is 20.0 Å². The van der Waals surface area contributed by atoms with E-state index >= 15 is 0 Å². The number of carbonyl (C=O) groups excluding carboxylic acids is 2. The van der Waals surface area contributed by atoms with Gasteiger partial charge in [-0.05, 0) is 49.7 Å². The van der Waals surface area contributed by atoms with Gasteiger partial charge in [-0.15, -0.1) is 11.8 Å². The molecule has 176 valence electrons. The van der Waals surface area contributed by atoms with Crippen LogP contribution in [0.5, 0.6) is 0 Å². The van der Waals surface area contributed by atoms with E-state index in [0.717, 1.165) is 51.1 Å². The molecule has 7 heteroatoms. The van der Waals surface area contributed by atoms with Gasteiger partial charge in [0.1, 0.15) is 5.37 Å². The quantitative estimate of drug-likeness (QED) is 0.576. The van der Waals surface area contributed by atoms with Crippen LogP contribution in [0, 0.1) is 0 Å². The number of nitrogens with zero attached hydrogens (tertiary/aromatic N) is 3. The first kappa shape index (κ1) is 23.8. The minimum absolute atomic E-state index is 0.0157. The summed E-state index contributed by atoms with van der Waals surface area (Å²) in [6, 6.07) is 18.0. The molecule has 0 bridgehead atoms. The van der Waals surface area contributed by atoms with E-state index in [1.165, 1.54) is 5.56 Å². The number of benzene rings is 2. The normalized spacial score (nSPS) is 19.7. The number of rotatable bonds is 9. The molecule has 2 saturated heterocycles. The second-order valence-corrected chi connectivity index (χ2v) is 9.93. The summed E-state index contributed by atoms with van der Waals surface area (Å²) in [6.07, 6.45) is 1.81. The lowest BCUT2D eigenvalue weighted by Crippen LogP contribution is -2.45. The van der Waals surface area contributed by atoms with Crippen molar-refractivity contribution in [2.24, 2.45) is 0 Å². The molecule has 6 nitrogen and oxygen atoms in total. The van der Waals surface area contributed by atoms with Crippen LogP contribution in [-0.4, -0.2) is 85.1 Å². The zero-order valence-corrected chi connectivity index (χ0v) is 20.2. The fraction of sp³-hybridized carbons (Fsp3) is 0.462. The molecule has 0 aromatic heterocycles. The highest BCUT2D eigenvalue weighted by Crippen LogP contribution is 2.38. The lowest BCUT2D eigenvalue weighted by Gasteiger charge is -2.32. The van der Waals surface area contributed by atoms with Gasteiger partial charge in [-0.1, -0.05) is 42.5 Å². The SMILES string of the molecule is CN1CCN(CCCNC(=O)c2ccc([C@@H]3SCC(=O)N3CCc3ccccc3)cc2)CC1. The molecule has 2 aromatic rings. The summed E-state index contributed by atoms with van der Waals surface area (Å²) in [5.74, 6) is 0.661. The number of hydrogen-bond donors (Lipinski definition) is 1. The summed E-state index contributed by atoms with van der Waals surface area (Å²) < 4.78 is 0. The highest BCUT2D eigenvalue weighted by Gasteiger charge is 2.32. The van der Waals surface area contributed by atoms with Crippen molar-refractivity contribution >= 4 is 23.6 Å². The van der Waals surface area contributed by atoms with Crippen molar-refractivity contribution < 1.29 is 9.59 Å². The number of amides is 2. The molecule has 2 amide bonds. The van der Waals surface area contributed by atoms with Gasteiger partial charge in [0.15, 0.2) is 0 Å². The Morgan fingerprint density at radius 3 is 2.45 bits per heavy atom. The molecule has 0 radical (unpaired) electrons. The van der Waals surface area contributed by atoms with Crippen LogP contribution in [0.2, 0.25) is 0 Å². The molecule has 1 atom stereocenters. The predicted molar refractivity (Wildman–Crippen MR) is 134 cm³/mol. The second kappa shape index (κ2) is 11.7. The highest BCUT2D eigenvalue weighted by molar-refractivity contribution is 8.00. The molecule has 2 aromatic carbocycles. The van der Waals surface area contributed by atoms with Crippen molar-refractivity contribution in [1.29, 1.82) is 0 Å². The van der Waals surface area contributed by atoms with Gasteiger partial charge in [-0.3, -0.25) is 9.59 Å². The molecule has 0 saturated carbocycles. The van der Waals surface area contributed by atoms with E-state index < -0.39 is 0 Å². The number of hydrogen-bond acceptors (Lipinski definition) is 5. The van der Waals surface area contributed by atoms with E-state index in [9.17, 15) is 9.59 Å². The molecule has 0 aliphatic carbocycles. The first-order chi connectivity index (χ1) is 16.1. The maximum Gasteiger partial charge on any atom is 0.251 e. The standard InChI is InChI=1S/C26H34N4O2S/c1-28-16-18-29(19-17-28)14-5-13-27-25(32)22-8-10-23(11-9-22)26-30(24(31)20-33-26)15-12-21-6-3-2-4-7-21/h2-4,6-11,26H,5,12-20H2,1H3,(H,27,32)/t26-/m0/s1. The number of nitrogens with one attached hydrogen (secondary N) is 1. The van der Waals surface area contributed by atoms with Gasteiger partial charge in [-0.25, -0.2) is 0 Å². The summed E-state index contributed by atoms with van der Waals surface area (Å²) in [4.78, 5) is 31.8. The molecule has 0 unspecified atom stereocenters. The van der Waals surface area contributed by atoms with Gasteiger partial charge in [0.05, 0.1) is 5.75 Å². The van der Waals surface area contributed by atoms with E-state index in [1.807, 2.05) is 47.4 Å². The molecule has 1 N–H and O–H groups in total. The predicted octanol–water partition coefficient (Wildman–Crippen LogP) is 2.87. The average molecular weight is 467 g/mol. The molecular formula is C26H34N4O2S. The Balaban J connectivity index is 1.25. The average Bonchev–Trinajstić information content (AvgIpc) is 3.22. The highest BCUT2D eigenvalue weighted by atomic mass is 32.2. The van der Waals surface area contributed by atoms with Gasteiger partial charge in [-0.2, -0.15) is 0 Å². The topological polar surface area (TPSA) is 55.9 Å². The van der Waals surface area contributed by atoms with Crippen LogP contribution in [0.4, 0.5) is 0 Å². The Morgan fingerprint density at radius 2 is 1.73 bits per heavy atom. The molecular weight excluding hydrogens is 432 g/mol. The second-order valence-electron chi connectivity index (χ2n) is 8.86. The smallest absolute Gasteiger partial charge is 0.251 e. The van der Waals surface area contributed by atoms with Crippen molar-refractivity contribution in [2.45, 2.75) is 18.2 Å². The maximum atomic E-state index is 12.5. The Bertz CT molecular complexity index is 914. The summed E-state index contributed by atoms with van der Waals surface area (Å²) in [5.41, 5.74) is 2.98. The maximum absolute atomic E-state index is 12.5. The van der Waals surface area contributed by atoms with Crippen LogP contribution in [0.25, 0.3) is 0 Å². The summed E-state index contributed by atoms with van der Waals surface area (Å²) in [5, 5.41) is 3.06. The molecule has 2 fully saturated rings. The van der Waals surface area contributed by atoms with Gasteiger partial charge in [0.25, 0.3) is 5.91 Å². The fourth-order valence-corrected chi connectivity index (χ4v) is 5.56. The van der Waals surface area contributed by atoms with Crippen molar-refractivity contribution in [3.8, 4) is 0 Å². The Morgan fingerprint density at radius 1 is 1.00 bits per heavy atom. The van der Waals surface area contributed by atoms with Crippen LogP contribution < -0.4 is 5.32 Å². The first-order valence-electron chi connectivity index (χ1n) is 11.8. The van der Waals surface area contributed by atoms with E-state index in [0.29, 0.717) is 24.4 Å². The number of likely N-dealkylation sites (N-methyl/N-ethyl adjacent to an activating group) is 1. The molecule has 33 heavy (non-hydrogen) atoms. The van der Waals surface area contributed by atoms with Gasteiger partial charge in [0, 0.05) is 44.8 Å². The molecule has 2 heterocycles. The molecule has 2 aliphatic heterocycles. The van der Waals surface area contributed by atoms with E-state index in [1.54, 1.807) is 11.8 Å². The third kappa shape index (κ3) is 6.59. The lowest BCUT2D eigenvalue weighted by molar-refractivity contribution is -0.128.